The monoisotopic (exact) mass is 241 g/mol. The van der Waals surface area contributed by atoms with Crippen LogP contribution in [0.3, 0.4) is 0 Å². The summed E-state index contributed by atoms with van der Waals surface area (Å²) >= 11 is 0. The van der Waals surface area contributed by atoms with E-state index >= 15 is 0 Å². The first-order valence-corrected chi connectivity index (χ1v) is 5.67. The van der Waals surface area contributed by atoms with Gasteiger partial charge in [0.15, 0.2) is 5.78 Å². The van der Waals surface area contributed by atoms with Crippen LogP contribution in [0.4, 0.5) is 5.69 Å². The SMILES string of the molecule is Cc1occc1C(=O)c1ccc2c(c1)CC(=O)N2. The van der Waals surface area contributed by atoms with Crippen molar-refractivity contribution < 1.29 is 14.0 Å². The van der Waals surface area contributed by atoms with Crippen molar-refractivity contribution in [3.05, 3.63) is 53.0 Å². The van der Waals surface area contributed by atoms with E-state index in [2.05, 4.69) is 5.32 Å². The van der Waals surface area contributed by atoms with Crippen LogP contribution < -0.4 is 5.32 Å². The number of carbonyl (C=O) groups excluding carboxylic acids is 2. The van der Waals surface area contributed by atoms with Gasteiger partial charge in [0, 0.05) is 11.3 Å². The Balaban J connectivity index is 2.00. The average Bonchev–Trinajstić information content (AvgIpc) is 2.91. The summed E-state index contributed by atoms with van der Waals surface area (Å²) in [6.45, 7) is 1.76. The minimum absolute atomic E-state index is 0.0332. The van der Waals surface area contributed by atoms with Crippen LogP contribution in [0, 0.1) is 6.92 Å². The number of anilines is 1. The molecule has 1 amide bonds. The number of furan rings is 1. The van der Waals surface area contributed by atoms with Crippen molar-refractivity contribution in [2.45, 2.75) is 13.3 Å². The molecular formula is C14H11NO3. The van der Waals surface area contributed by atoms with Gasteiger partial charge in [-0.3, -0.25) is 9.59 Å². The largest absolute Gasteiger partial charge is 0.469 e. The highest BCUT2D eigenvalue weighted by molar-refractivity contribution is 6.10. The van der Waals surface area contributed by atoms with Gasteiger partial charge < -0.3 is 9.73 Å². The number of carbonyl (C=O) groups is 2. The zero-order valence-corrected chi connectivity index (χ0v) is 9.82. The molecule has 1 aliphatic heterocycles. The quantitative estimate of drug-likeness (QED) is 0.821. The summed E-state index contributed by atoms with van der Waals surface area (Å²) in [5.74, 6) is 0.493. The summed E-state index contributed by atoms with van der Waals surface area (Å²) in [6, 6.07) is 6.92. The molecule has 4 nitrogen and oxygen atoms in total. The number of amides is 1. The number of benzene rings is 1. The molecule has 0 aliphatic carbocycles. The second-order valence-corrected chi connectivity index (χ2v) is 4.32. The van der Waals surface area contributed by atoms with Gasteiger partial charge >= 0.3 is 0 Å². The van der Waals surface area contributed by atoms with Gasteiger partial charge in [0.25, 0.3) is 0 Å². The summed E-state index contributed by atoms with van der Waals surface area (Å²) in [5.41, 5.74) is 2.80. The lowest BCUT2D eigenvalue weighted by atomic mass is 10.0. The summed E-state index contributed by atoms with van der Waals surface area (Å²) < 4.78 is 5.13. The molecule has 0 bridgehead atoms. The second kappa shape index (κ2) is 3.84. The number of nitrogens with one attached hydrogen (secondary N) is 1. The third-order valence-electron chi connectivity index (χ3n) is 3.10. The molecule has 0 spiro atoms. The van der Waals surface area contributed by atoms with Crippen molar-refractivity contribution in [3.63, 3.8) is 0 Å². The zero-order valence-electron chi connectivity index (χ0n) is 9.82. The normalized spacial score (nSPS) is 13.3. The Labute approximate surface area is 104 Å². The molecule has 90 valence electrons. The van der Waals surface area contributed by atoms with Crippen molar-refractivity contribution in [2.75, 3.05) is 5.32 Å². The molecule has 0 saturated carbocycles. The van der Waals surface area contributed by atoms with Crippen molar-refractivity contribution in [1.29, 1.82) is 0 Å². The van der Waals surface area contributed by atoms with Gasteiger partial charge in [0.1, 0.15) is 5.76 Å². The van der Waals surface area contributed by atoms with Crippen molar-refractivity contribution >= 4 is 17.4 Å². The van der Waals surface area contributed by atoms with Crippen LogP contribution in [-0.2, 0) is 11.2 Å². The Morgan fingerprint density at radius 3 is 2.89 bits per heavy atom. The van der Waals surface area contributed by atoms with E-state index in [0.717, 1.165) is 11.3 Å². The summed E-state index contributed by atoms with van der Waals surface area (Å²) in [6.07, 6.45) is 1.84. The number of rotatable bonds is 2. The fourth-order valence-corrected chi connectivity index (χ4v) is 2.15. The van der Waals surface area contributed by atoms with E-state index in [0.29, 0.717) is 23.3 Å². The molecule has 1 N–H and O–H groups in total. The van der Waals surface area contributed by atoms with E-state index in [1.54, 1.807) is 31.2 Å². The first-order valence-electron chi connectivity index (χ1n) is 5.67. The van der Waals surface area contributed by atoms with Crippen LogP contribution in [0.25, 0.3) is 0 Å². The summed E-state index contributed by atoms with van der Waals surface area (Å²) in [5, 5.41) is 2.74. The molecule has 1 aliphatic rings. The molecule has 2 heterocycles. The highest BCUT2D eigenvalue weighted by Crippen LogP contribution is 2.25. The Hall–Kier alpha value is -2.36. The van der Waals surface area contributed by atoms with Gasteiger partial charge in [-0.1, -0.05) is 0 Å². The van der Waals surface area contributed by atoms with E-state index in [9.17, 15) is 9.59 Å². The Morgan fingerprint density at radius 1 is 1.33 bits per heavy atom. The second-order valence-electron chi connectivity index (χ2n) is 4.32. The molecule has 1 aromatic carbocycles. The molecule has 0 fully saturated rings. The molecule has 18 heavy (non-hydrogen) atoms. The number of ketones is 1. The van der Waals surface area contributed by atoms with E-state index in [1.165, 1.54) is 6.26 Å². The van der Waals surface area contributed by atoms with E-state index in [1.807, 2.05) is 0 Å². The molecule has 0 atom stereocenters. The van der Waals surface area contributed by atoms with E-state index in [4.69, 9.17) is 4.42 Å². The molecule has 1 aromatic heterocycles. The lowest BCUT2D eigenvalue weighted by Crippen LogP contribution is -2.03. The summed E-state index contributed by atoms with van der Waals surface area (Å²) in [7, 11) is 0. The van der Waals surface area contributed by atoms with Crippen molar-refractivity contribution in [2.24, 2.45) is 0 Å². The molecular weight excluding hydrogens is 230 g/mol. The van der Waals surface area contributed by atoms with Crippen LogP contribution in [0.1, 0.15) is 27.2 Å². The van der Waals surface area contributed by atoms with Crippen LogP contribution in [0.15, 0.2) is 34.9 Å². The Bertz CT molecular complexity index is 655. The molecule has 2 aromatic rings. The predicted molar refractivity (Wildman–Crippen MR) is 65.7 cm³/mol. The average molecular weight is 241 g/mol. The van der Waals surface area contributed by atoms with Gasteiger partial charge in [-0.15, -0.1) is 0 Å². The third kappa shape index (κ3) is 1.62. The van der Waals surface area contributed by atoms with Gasteiger partial charge in [-0.2, -0.15) is 0 Å². The topological polar surface area (TPSA) is 59.3 Å². The number of aryl methyl sites for hydroxylation is 1. The molecule has 4 heteroatoms. The number of hydrogen-bond acceptors (Lipinski definition) is 3. The zero-order chi connectivity index (χ0) is 12.7. The third-order valence-corrected chi connectivity index (χ3v) is 3.10. The van der Waals surface area contributed by atoms with Gasteiger partial charge in [0.2, 0.25) is 5.91 Å². The van der Waals surface area contributed by atoms with Crippen LogP contribution in [0.2, 0.25) is 0 Å². The lowest BCUT2D eigenvalue weighted by molar-refractivity contribution is -0.115. The minimum Gasteiger partial charge on any atom is -0.469 e. The van der Waals surface area contributed by atoms with Gasteiger partial charge in [-0.05, 0) is 36.8 Å². The van der Waals surface area contributed by atoms with Crippen molar-refractivity contribution in [1.82, 2.24) is 0 Å². The smallest absolute Gasteiger partial charge is 0.228 e. The maximum absolute atomic E-state index is 12.2. The van der Waals surface area contributed by atoms with Crippen LogP contribution in [-0.4, -0.2) is 11.7 Å². The molecule has 3 rings (SSSR count). The Kier molecular flexibility index (Phi) is 2.30. The first-order chi connectivity index (χ1) is 8.65. The van der Waals surface area contributed by atoms with Gasteiger partial charge in [0.05, 0.1) is 18.2 Å². The maximum Gasteiger partial charge on any atom is 0.228 e. The maximum atomic E-state index is 12.2. The molecule has 0 unspecified atom stereocenters. The number of hydrogen-bond donors (Lipinski definition) is 1. The molecule has 0 saturated heterocycles. The number of fused-ring (bicyclic) bond motifs is 1. The lowest BCUT2D eigenvalue weighted by Gasteiger charge is -2.02. The van der Waals surface area contributed by atoms with E-state index < -0.39 is 0 Å². The van der Waals surface area contributed by atoms with Crippen LogP contribution >= 0.6 is 0 Å². The molecule has 0 radical (unpaired) electrons. The summed E-state index contributed by atoms with van der Waals surface area (Å²) in [4.78, 5) is 23.5. The van der Waals surface area contributed by atoms with Gasteiger partial charge in [-0.25, -0.2) is 0 Å². The first kappa shape index (κ1) is 10.8. The van der Waals surface area contributed by atoms with Crippen molar-refractivity contribution in [3.8, 4) is 0 Å². The fraction of sp³-hybridized carbons (Fsp3) is 0.143. The minimum atomic E-state index is -0.0802. The highest BCUT2D eigenvalue weighted by atomic mass is 16.3. The standard InChI is InChI=1S/C14H11NO3/c1-8-11(4-5-18-8)14(17)9-2-3-12-10(6-9)7-13(16)15-12/h2-6H,7H2,1H3,(H,15,16). The Morgan fingerprint density at radius 2 is 2.17 bits per heavy atom. The predicted octanol–water partition coefficient (Wildman–Crippen LogP) is 2.31. The highest BCUT2D eigenvalue weighted by Gasteiger charge is 2.20. The van der Waals surface area contributed by atoms with Crippen LogP contribution in [0.5, 0.6) is 0 Å². The fourth-order valence-electron chi connectivity index (χ4n) is 2.15. The van der Waals surface area contributed by atoms with E-state index in [-0.39, 0.29) is 11.7 Å².